The Balaban J connectivity index is 1.38. The molecule has 7 nitrogen and oxygen atoms in total. The largest absolute Gasteiger partial charge is 0.470 e. The molecule has 0 saturated carbocycles. The van der Waals surface area contributed by atoms with Crippen LogP contribution in [0.25, 0.3) is 0 Å². The second-order valence-electron chi connectivity index (χ2n) is 6.55. The summed E-state index contributed by atoms with van der Waals surface area (Å²) in [6.45, 7) is 0.608. The van der Waals surface area contributed by atoms with E-state index in [1.165, 1.54) is 4.68 Å². The number of hydrogen-bond donors (Lipinski definition) is 1. The van der Waals surface area contributed by atoms with E-state index in [4.69, 9.17) is 39.5 Å². The fourth-order valence-corrected chi connectivity index (χ4v) is 3.45. The maximum absolute atomic E-state index is 12.5. The number of carbonyl (C=O) groups is 1. The standard InChI is InChI=1S/C21H16Cl3N5O2/c22-15-6-7-19(16(23)10-15)31-13-28-9-8-18(26-28)21(30)25-20-17(24)12-29(27-20)11-14-4-2-1-3-5-14/h1-10,12H,11,13H2,(H,25,27,30). The van der Waals surface area contributed by atoms with E-state index in [0.717, 1.165) is 5.56 Å². The Morgan fingerprint density at radius 3 is 2.55 bits per heavy atom. The first-order valence-corrected chi connectivity index (χ1v) is 10.3. The highest BCUT2D eigenvalue weighted by atomic mass is 35.5. The number of benzene rings is 2. The zero-order valence-corrected chi connectivity index (χ0v) is 18.3. The van der Waals surface area contributed by atoms with Gasteiger partial charge in [0.1, 0.15) is 10.8 Å². The van der Waals surface area contributed by atoms with Crippen molar-refractivity contribution in [2.45, 2.75) is 13.3 Å². The molecule has 0 saturated heterocycles. The Morgan fingerprint density at radius 1 is 0.968 bits per heavy atom. The van der Waals surface area contributed by atoms with Crippen LogP contribution in [-0.2, 0) is 13.3 Å². The van der Waals surface area contributed by atoms with Gasteiger partial charge in [0.05, 0.1) is 11.6 Å². The van der Waals surface area contributed by atoms with Crippen molar-refractivity contribution in [2.75, 3.05) is 5.32 Å². The smallest absolute Gasteiger partial charge is 0.277 e. The normalized spacial score (nSPS) is 10.8. The highest BCUT2D eigenvalue weighted by Crippen LogP contribution is 2.27. The van der Waals surface area contributed by atoms with Crippen LogP contribution < -0.4 is 10.1 Å². The summed E-state index contributed by atoms with van der Waals surface area (Å²) < 4.78 is 8.74. The maximum Gasteiger partial charge on any atom is 0.277 e. The van der Waals surface area contributed by atoms with Crippen LogP contribution in [0, 0.1) is 0 Å². The van der Waals surface area contributed by atoms with Gasteiger partial charge >= 0.3 is 0 Å². The number of nitrogens with zero attached hydrogens (tertiary/aromatic N) is 4. The van der Waals surface area contributed by atoms with Crippen molar-refractivity contribution in [1.82, 2.24) is 19.6 Å². The van der Waals surface area contributed by atoms with E-state index in [1.54, 1.807) is 41.3 Å². The average Bonchev–Trinajstić information content (AvgIpc) is 3.35. The number of nitrogens with one attached hydrogen (secondary N) is 1. The van der Waals surface area contributed by atoms with Crippen LogP contribution in [0.15, 0.2) is 67.0 Å². The molecule has 1 N–H and O–H groups in total. The summed E-state index contributed by atoms with van der Waals surface area (Å²) in [5.41, 5.74) is 1.26. The van der Waals surface area contributed by atoms with E-state index >= 15 is 0 Å². The Bertz CT molecular complexity index is 1210. The number of carbonyl (C=O) groups excluding carboxylic acids is 1. The number of amides is 1. The van der Waals surface area contributed by atoms with E-state index < -0.39 is 5.91 Å². The minimum absolute atomic E-state index is 0.0705. The van der Waals surface area contributed by atoms with Crippen molar-refractivity contribution < 1.29 is 9.53 Å². The first-order chi connectivity index (χ1) is 15.0. The van der Waals surface area contributed by atoms with Crippen molar-refractivity contribution in [3.05, 3.63) is 93.3 Å². The zero-order valence-electron chi connectivity index (χ0n) is 16.0. The second kappa shape index (κ2) is 9.43. The van der Waals surface area contributed by atoms with Crippen LogP contribution >= 0.6 is 34.8 Å². The molecule has 1 amide bonds. The predicted molar refractivity (Wildman–Crippen MR) is 120 cm³/mol. The molecule has 0 aliphatic rings. The van der Waals surface area contributed by atoms with E-state index in [1.807, 2.05) is 30.3 Å². The van der Waals surface area contributed by atoms with Crippen LogP contribution in [0.4, 0.5) is 5.82 Å². The van der Waals surface area contributed by atoms with Gasteiger partial charge in [0, 0.05) is 17.4 Å². The topological polar surface area (TPSA) is 74.0 Å². The SMILES string of the molecule is O=C(Nc1nn(Cc2ccccc2)cc1Cl)c1ccn(COc2ccc(Cl)cc2Cl)n1. The van der Waals surface area contributed by atoms with Gasteiger partial charge in [-0.1, -0.05) is 65.1 Å². The monoisotopic (exact) mass is 475 g/mol. The number of halogens is 3. The van der Waals surface area contributed by atoms with Crippen LogP contribution in [0.1, 0.15) is 16.1 Å². The molecule has 0 aliphatic heterocycles. The van der Waals surface area contributed by atoms with Gasteiger partial charge in [0.2, 0.25) is 0 Å². The molecule has 2 aromatic heterocycles. The molecular weight excluding hydrogens is 461 g/mol. The molecule has 0 radical (unpaired) electrons. The fourth-order valence-electron chi connectivity index (χ4n) is 2.79. The molecule has 2 heterocycles. The number of anilines is 1. The zero-order chi connectivity index (χ0) is 21.8. The summed E-state index contributed by atoms with van der Waals surface area (Å²) in [4.78, 5) is 12.5. The predicted octanol–water partition coefficient (Wildman–Crippen LogP) is 5.38. The second-order valence-corrected chi connectivity index (χ2v) is 7.80. The lowest BCUT2D eigenvalue weighted by atomic mass is 10.2. The Kier molecular flexibility index (Phi) is 6.46. The molecule has 10 heteroatoms. The lowest BCUT2D eigenvalue weighted by molar-refractivity contribution is 0.101. The van der Waals surface area contributed by atoms with Crippen LogP contribution in [0.3, 0.4) is 0 Å². The fraction of sp³-hybridized carbons (Fsp3) is 0.0952. The summed E-state index contributed by atoms with van der Waals surface area (Å²) in [7, 11) is 0. The summed E-state index contributed by atoms with van der Waals surface area (Å²) in [5, 5.41) is 12.5. The molecule has 0 atom stereocenters. The van der Waals surface area contributed by atoms with Crippen molar-refractivity contribution in [3.63, 3.8) is 0 Å². The number of hydrogen-bond acceptors (Lipinski definition) is 4. The minimum Gasteiger partial charge on any atom is -0.470 e. The quantitative estimate of drug-likeness (QED) is 0.389. The molecule has 2 aromatic carbocycles. The first kappa shape index (κ1) is 21.2. The summed E-state index contributed by atoms with van der Waals surface area (Å²) in [5.74, 6) is 0.291. The molecule has 0 aliphatic carbocycles. The highest BCUT2D eigenvalue weighted by Gasteiger charge is 2.15. The van der Waals surface area contributed by atoms with Gasteiger partial charge < -0.3 is 10.1 Å². The van der Waals surface area contributed by atoms with Gasteiger partial charge in [-0.05, 0) is 29.8 Å². The van der Waals surface area contributed by atoms with Gasteiger partial charge in [-0.3, -0.25) is 9.48 Å². The molecule has 0 unspecified atom stereocenters. The van der Waals surface area contributed by atoms with Crippen LogP contribution in [0.2, 0.25) is 15.1 Å². The average molecular weight is 477 g/mol. The first-order valence-electron chi connectivity index (χ1n) is 9.17. The van der Waals surface area contributed by atoms with E-state index in [0.29, 0.717) is 27.4 Å². The number of ether oxygens (including phenoxy) is 1. The molecule has 0 spiro atoms. The van der Waals surface area contributed by atoms with E-state index in [-0.39, 0.29) is 18.2 Å². The molecule has 0 bridgehead atoms. The van der Waals surface area contributed by atoms with E-state index in [9.17, 15) is 4.79 Å². The molecule has 4 rings (SSSR count). The van der Waals surface area contributed by atoms with Crippen molar-refractivity contribution in [1.29, 1.82) is 0 Å². The summed E-state index contributed by atoms with van der Waals surface area (Å²) in [6, 6.07) is 16.3. The lowest BCUT2D eigenvalue weighted by Crippen LogP contribution is -2.15. The summed E-state index contributed by atoms with van der Waals surface area (Å²) in [6.07, 6.45) is 3.28. The number of rotatable bonds is 7. The lowest BCUT2D eigenvalue weighted by Gasteiger charge is -2.08. The molecular formula is C21H16Cl3N5O2. The van der Waals surface area contributed by atoms with Crippen LogP contribution in [-0.4, -0.2) is 25.5 Å². The van der Waals surface area contributed by atoms with Crippen molar-refractivity contribution in [2.24, 2.45) is 0 Å². The minimum atomic E-state index is -0.435. The van der Waals surface area contributed by atoms with Crippen molar-refractivity contribution >= 4 is 46.5 Å². The van der Waals surface area contributed by atoms with Gasteiger partial charge in [-0.2, -0.15) is 10.2 Å². The van der Waals surface area contributed by atoms with Gasteiger partial charge in [-0.15, -0.1) is 0 Å². The van der Waals surface area contributed by atoms with Gasteiger partial charge in [-0.25, -0.2) is 4.68 Å². The third kappa shape index (κ3) is 5.38. The highest BCUT2D eigenvalue weighted by molar-refractivity contribution is 6.35. The van der Waals surface area contributed by atoms with Gasteiger partial charge in [0.25, 0.3) is 5.91 Å². The maximum atomic E-state index is 12.5. The Labute approximate surface area is 193 Å². The van der Waals surface area contributed by atoms with Gasteiger partial charge in [0.15, 0.2) is 18.2 Å². The molecule has 0 fully saturated rings. The molecule has 31 heavy (non-hydrogen) atoms. The van der Waals surface area contributed by atoms with Crippen LogP contribution in [0.5, 0.6) is 5.75 Å². The van der Waals surface area contributed by atoms with Crippen molar-refractivity contribution in [3.8, 4) is 5.75 Å². The number of aromatic nitrogens is 4. The Morgan fingerprint density at radius 2 is 1.77 bits per heavy atom. The Hall–Kier alpha value is -3.00. The summed E-state index contributed by atoms with van der Waals surface area (Å²) >= 11 is 18.2. The third-order valence-electron chi connectivity index (χ3n) is 4.26. The molecule has 4 aromatic rings. The van der Waals surface area contributed by atoms with E-state index in [2.05, 4.69) is 15.5 Å². The molecule has 158 valence electrons. The third-order valence-corrected chi connectivity index (χ3v) is 5.06.